The smallest absolute Gasteiger partial charge is 0.279 e. The zero-order valence-corrected chi connectivity index (χ0v) is 14.9. The predicted octanol–water partition coefficient (Wildman–Crippen LogP) is 4.42. The molecule has 25 heavy (non-hydrogen) atoms. The molecule has 1 amide bonds. The number of halogens is 1. The standard InChI is InChI=1S/C17H14ClN3O3S/c1-2-10-20-15-13(18)4-3-5-14(15)25-17(20)19-16(22)11-6-8-12(9-7-11)21(23)24/h3-9H,2,10H2,1H3. The first-order valence-electron chi connectivity index (χ1n) is 7.62. The van der Waals surface area contributed by atoms with Crippen LogP contribution in [0.25, 0.3) is 10.2 Å². The zero-order valence-electron chi connectivity index (χ0n) is 13.3. The minimum atomic E-state index is -0.505. The van der Waals surface area contributed by atoms with Gasteiger partial charge in [-0.25, -0.2) is 0 Å². The summed E-state index contributed by atoms with van der Waals surface area (Å²) in [5, 5.41) is 11.3. The summed E-state index contributed by atoms with van der Waals surface area (Å²) < 4.78 is 2.89. The molecule has 3 rings (SSSR count). The van der Waals surface area contributed by atoms with Crippen molar-refractivity contribution in [2.45, 2.75) is 19.9 Å². The maximum absolute atomic E-state index is 12.4. The Morgan fingerprint density at radius 2 is 2.00 bits per heavy atom. The van der Waals surface area contributed by atoms with Crippen LogP contribution in [0.5, 0.6) is 0 Å². The number of amides is 1. The Hall–Kier alpha value is -2.51. The molecule has 0 fully saturated rings. The highest BCUT2D eigenvalue weighted by Crippen LogP contribution is 2.25. The predicted molar refractivity (Wildman–Crippen MR) is 98.1 cm³/mol. The lowest BCUT2D eigenvalue weighted by Crippen LogP contribution is -2.17. The fraction of sp³-hybridized carbons (Fsp3) is 0.176. The third-order valence-electron chi connectivity index (χ3n) is 3.62. The molecule has 1 heterocycles. The number of carbonyl (C=O) groups is 1. The number of fused-ring (bicyclic) bond motifs is 1. The van der Waals surface area contributed by atoms with Gasteiger partial charge in [-0.3, -0.25) is 14.9 Å². The van der Waals surface area contributed by atoms with Crippen molar-refractivity contribution >= 4 is 44.7 Å². The first kappa shape index (κ1) is 17.3. The van der Waals surface area contributed by atoms with Crippen molar-refractivity contribution in [3.8, 4) is 0 Å². The number of hydrogen-bond donors (Lipinski definition) is 0. The van der Waals surface area contributed by atoms with Gasteiger partial charge in [-0.15, -0.1) is 0 Å². The molecular formula is C17H14ClN3O3S. The SMILES string of the molecule is CCCn1c(=NC(=O)c2ccc([N+](=O)[O-])cc2)sc2cccc(Cl)c21. The summed E-state index contributed by atoms with van der Waals surface area (Å²) >= 11 is 7.70. The van der Waals surface area contributed by atoms with Gasteiger partial charge in [-0.2, -0.15) is 4.99 Å². The molecular weight excluding hydrogens is 362 g/mol. The Labute approximate surface area is 152 Å². The van der Waals surface area contributed by atoms with Gasteiger partial charge in [0.2, 0.25) is 0 Å². The van der Waals surface area contributed by atoms with Gasteiger partial charge in [0.05, 0.1) is 20.2 Å². The second kappa shape index (κ2) is 7.16. The second-order valence-electron chi connectivity index (χ2n) is 5.34. The molecule has 0 atom stereocenters. The van der Waals surface area contributed by atoms with Crippen LogP contribution >= 0.6 is 22.9 Å². The molecule has 2 aromatic carbocycles. The highest BCUT2D eigenvalue weighted by Gasteiger charge is 2.12. The average molecular weight is 376 g/mol. The third kappa shape index (κ3) is 3.47. The lowest BCUT2D eigenvalue weighted by atomic mass is 10.2. The number of nitrogens with zero attached hydrogens (tertiary/aromatic N) is 3. The number of aryl methyl sites for hydroxylation is 1. The van der Waals surface area contributed by atoms with Gasteiger partial charge < -0.3 is 4.57 Å². The van der Waals surface area contributed by atoms with E-state index < -0.39 is 10.8 Å². The molecule has 8 heteroatoms. The molecule has 3 aromatic rings. The minimum Gasteiger partial charge on any atom is -0.315 e. The van der Waals surface area contributed by atoms with E-state index in [1.807, 2.05) is 29.7 Å². The molecule has 0 aliphatic heterocycles. The number of non-ortho nitro benzene ring substituents is 1. The fourth-order valence-electron chi connectivity index (χ4n) is 2.48. The molecule has 6 nitrogen and oxygen atoms in total. The van der Waals surface area contributed by atoms with Gasteiger partial charge in [0, 0.05) is 24.2 Å². The zero-order chi connectivity index (χ0) is 18.0. The maximum atomic E-state index is 12.4. The van der Waals surface area contributed by atoms with Crippen LogP contribution in [0.2, 0.25) is 5.02 Å². The quantitative estimate of drug-likeness (QED) is 0.500. The van der Waals surface area contributed by atoms with Crippen molar-refractivity contribution in [3.63, 3.8) is 0 Å². The van der Waals surface area contributed by atoms with E-state index in [-0.39, 0.29) is 5.69 Å². The van der Waals surface area contributed by atoms with E-state index in [1.54, 1.807) is 0 Å². The van der Waals surface area contributed by atoms with Gasteiger partial charge in [0.1, 0.15) is 0 Å². The van der Waals surface area contributed by atoms with Crippen molar-refractivity contribution in [1.29, 1.82) is 0 Å². The van der Waals surface area contributed by atoms with E-state index in [0.29, 0.717) is 21.9 Å². The van der Waals surface area contributed by atoms with Crippen molar-refractivity contribution in [2.24, 2.45) is 4.99 Å². The van der Waals surface area contributed by atoms with Gasteiger partial charge in [0.25, 0.3) is 11.6 Å². The van der Waals surface area contributed by atoms with Gasteiger partial charge in [-0.05, 0) is 30.7 Å². The molecule has 0 saturated heterocycles. The summed E-state index contributed by atoms with van der Waals surface area (Å²) in [6.07, 6.45) is 0.871. The number of nitro groups is 1. The Kier molecular flexibility index (Phi) is 4.96. The Morgan fingerprint density at radius 3 is 2.64 bits per heavy atom. The number of para-hydroxylation sites is 1. The van der Waals surface area contributed by atoms with Crippen molar-refractivity contribution < 1.29 is 9.72 Å². The summed E-state index contributed by atoms with van der Waals surface area (Å²) in [6.45, 7) is 2.73. The lowest BCUT2D eigenvalue weighted by molar-refractivity contribution is -0.384. The highest BCUT2D eigenvalue weighted by atomic mass is 35.5. The number of aromatic nitrogens is 1. The van der Waals surface area contributed by atoms with Gasteiger partial charge in [-0.1, -0.05) is 35.9 Å². The number of nitro benzene ring substituents is 1. The average Bonchev–Trinajstić information content (AvgIpc) is 2.94. The van der Waals surface area contributed by atoms with Crippen molar-refractivity contribution in [2.75, 3.05) is 0 Å². The summed E-state index contributed by atoms with van der Waals surface area (Å²) in [5.74, 6) is -0.442. The number of hydrogen-bond acceptors (Lipinski definition) is 4. The number of thiazole rings is 1. The molecule has 0 radical (unpaired) electrons. The Bertz CT molecular complexity index is 1020. The Morgan fingerprint density at radius 1 is 1.28 bits per heavy atom. The molecule has 0 bridgehead atoms. The topological polar surface area (TPSA) is 77.5 Å². The normalized spacial score (nSPS) is 11.8. The summed E-state index contributed by atoms with van der Waals surface area (Å²) in [4.78, 5) is 27.4. The molecule has 0 saturated carbocycles. The fourth-order valence-corrected chi connectivity index (χ4v) is 3.89. The second-order valence-corrected chi connectivity index (χ2v) is 6.76. The van der Waals surface area contributed by atoms with Crippen LogP contribution < -0.4 is 4.80 Å². The molecule has 0 aliphatic rings. The van der Waals surface area contributed by atoms with Crippen LogP contribution in [0.1, 0.15) is 23.7 Å². The lowest BCUT2D eigenvalue weighted by Gasteiger charge is -2.04. The number of benzene rings is 2. The molecule has 128 valence electrons. The van der Waals surface area contributed by atoms with E-state index in [0.717, 1.165) is 16.6 Å². The molecule has 0 aliphatic carbocycles. The van der Waals surface area contributed by atoms with Crippen LogP contribution in [-0.2, 0) is 6.54 Å². The van der Waals surface area contributed by atoms with Crippen LogP contribution in [-0.4, -0.2) is 15.4 Å². The number of carbonyl (C=O) groups excluding carboxylic acids is 1. The Balaban J connectivity index is 2.08. The van der Waals surface area contributed by atoms with Crippen LogP contribution in [0, 0.1) is 10.1 Å². The summed E-state index contributed by atoms with van der Waals surface area (Å²) in [5.41, 5.74) is 1.11. The molecule has 1 aromatic heterocycles. The van der Waals surface area contributed by atoms with E-state index in [4.69, 9.17) is 11.6 Å². The summed E-state index contributed by atoms with van der Waals surface area (Å²) in [7, 11) is 0. The van der Waals surface area contributed by atoms with Gasteiger partial charge >= 0.3 is 0 Å². The third-order valence-corrected chi connectivity index (χ3v) is 4.97. The van der Waals surface area contributed by atoms with Gasteiger partial charge in [0.15, 0.2) is 4.80 Å². The van der Waals surface area contributed by atoms with Crippen molar-refractivity contribution in [1.82, 2.24) is 4.57 Å². The first-order chi connectivity index (χ1) is 12.0. The molecule has 0 unspecified atom stereocenters. The monoisotopic (exact) mass is 375 g/mol. The summed E-state index contributed by atoms with van der Waals surface area (Å²) in [6, 6.07) is 11.0. The van der Waals surface area contributed by atoms with E-state index >= 15 is 0 Å². The number of rotatable bonds is 4. The van der Waals surface area contributed by atoms with Crippen LogP contribution in [0.4, 0.5) is 5.69 Å². The molecule has 0 spiro atoms. The van der Waals surface area contributed by atoms with Crippen molar-refractivity contribution in [3.05, 3.63) is 68.0 Å². The first-order valence-corrected chi connectivity index (χ1v) is 8.82. The van der Waals surface area contributed by atoms with Crippen LogP contribution in [0.15, 0.2) is 47.5 Å². The largest absolute Gasteiger partial charge is 0.315 e. The van der Waals surface area contributed by atoms with E-state index in [1.165, 1.54) is 35.6 Å². The maximum Gasteiger partial charge on any atom is 0.279 e. The van der Waals surface area contributed by atoms with E-state index in [9.17, 15) is 14.9 Å². The molecule has 0 N–H and O–H groups in total. The minimum absolute atomic E-state index is 0.0637. The van der Waals surface area contributed by atoms with E-state index in [2.05, 4.69) is 4.99 Å². The van der Waals surface area contributed by atoms with Crippen LogP contribution in [0.3, 0.4) is 0 Å². The highest BCUT2D eigenvalue weighted by molar-refractivity contribution is 7.16.